The number of benzene rings is 1. The Morgan fingerprint density at radius 1 is 1.17 bits per heavy atom. The van der Waals surface area contributed by atoms with Gasteiger partial charge in [-0.2, -0.15) is 0 Å². The van der Waals surface area contributed by atoms with Gasteiger partial charge in [0, 0.05) is 0 Å². The minimum atomic E-state index is -2.02. The molecule has 0 heterocycles. The molecule has 0 saturated carbocycles. The average molecular weight is 178 g/mol. The molecule has 1 rings (SSSR count). The maximum atomic E-state index is 9.53. The molecule has 0 unspecified atom stereocenters. The molecule has 1 N–H and O–H groups in total. The fourth-order valence-corrected chi connectivity index (χ4v) is 1.46. The highest BCUT2D eigenvalue weighted by molar-refractivity contribution is 6.75. The van der Waals surface area contributed by atoms with E-state index in [-0.39, 0.29) is 0 Å². The van der Waals surface area contributed by atoms with Crippen molar-refractivity contribution in [1.29, 1.82) is 0 Å². The highest BCUT2D eigenvalue weighted by atomic mass is 28.4. The topological polar surface area (TPSA) is 20.2 Å². The Labute approximate surface area is 74.5 Å². The fourth-order valence-electron chi connectivity index (χ4n) is 0.864. The van der Waals surface area contributed by atoms with Crippen molar-refractivity contribution in [3.8, 4) is 0 Å². The predicted octanol–water partition coefficient (Wildman–Crippen LogP) is 2.44. The van der Waals surface area contributed by atoms with Crippen LogP contribution in [0.1, 0.15) is 5.56 Å². The van der Waals surface area contributed by atoms with Gasteiger partial charge in [-0.25, -0.2) is 0 Å². The van der Waals surface area contributed by atoms with Crippen LogP contribution in [0, 0.1) is 0 Å². The SMILES string of the molecule is C[Si](C)(O)C=Cc1ccccc1. The molecular weight excluding hydrogens is 164 g/mol. The molecule has 2 heteroatoms. The van der Waals surface area contributed by atoms with Crippen LogP contribution in [-0.4, -0.2) is 13.1 Å². The van der Waals surface area contributed by atoms with Gasteiger partial charge in [-0.1, -0.05) is 42.1 Å². The summed E-state index contributed by atoms with van der Waals surface area (Å²) in [7, 11) is -2.02. The first kappa shape index (κ1) is 9.23. The van der Waals surface area contributed by atoms with Crippen molar-refractivity contribution < 1.29 is 4.80 Å². The molecule has 1 aromatic rings. The molecule has 0 atom stereocenters. The molecule has 1 nitrogen and oxygen atoms in total. The molecule has 0 spiro atoms. The molecule has 0 bridgehead atoms. The second kappa shape index (κ2) is 3.69. The van der Waals surface area contributed by atoms with Crippen molar-refractivity contribution in [1.82, 2.24) is 0 Å². The van der Waals surface area contributed by atoms with Gasteiger partial charge in [0.25, 0.3) is 0 Å². The largest absolute Gasteiger partial charge is 0.428 e. The van der Waals surface area contributed by atoms with Crippen LogP contribution in [0.25, 0.3) is 6.08 Å². The van der Waals surface area contributed by atoms with Crippen molar-refractivity contribution in [2.24, 2.45) is 0 Å². The lowest BCUT2D eigenvalue weighted by Gasteiger charge is -2.05. The van der Waals surface area contributed by atoms with Crippen LogP contribution in [0.4, 0.5) is 0 Å². The van der Waals surface area contributed by atoms with Gasteiger partial charge in [-0.05, 0) is 18.7 Å². The van der Waals surface area contributed by atoms with Crippen LogP contribution in [0.3, 0.4) is 0 Å². The molecule has 0 aliphatic carbocycles. The lowest BCUT2D eigenvalue weighted by molar-refractivity contribution is 0.567. The van der Waals surface area contributed by atoms with Gasteiger partial charge in [0.05, 0.1) is 0 Å². The summed E-state index contributed by atoms with van der Waals surface area (Å²) in [6.45, 7) is 3.79. The Hall–Kier alpha value is -0.863. The highest BCUT2D eigenvalue weighted by Gasteiger charge is 2.10. The monoisotopic (exact) mass is 178 g/mol. The minimum Gasteiger partial charge on any atom is -0.428 e. The normalized spacial score (nSPS) is 12.2. The summed E-state index contributed by atoms with van der Waals surface area (Å²) in [4.78, 5) is 9.53. The van der Waals surface area contributed by atoms with E-state index in [1.165, 1.54) is 0 Å². The molecule has 0 fully saturated rings. The molecule has 1 aromatic carbocycles. The molecule has 12 heavy (non-hydrogen) atoms. The van der Waals surface area contributed by atoms with Gasteiger partial charge in [0.1, 0.15) is 0 Å². The van der Waals surface area contributed by atoms with E-state index in [1.807, 2.05) is 55.2 Å². The molecule has 0 aromatic heterocycles. The first-order chi connectivity index (χ1) is 5.58. The van der Waals surface area contributed by atoms with Crippen LogP contribution in [0.15, 0.2) is 36.0 Å². The van der Waals surface area contributed by atoms with Crippen LogP contribution in [0.5, 0.6) is 0 Å². The molecule has 0 saturated heterocycles. The minimum absolute atomic E-state index is 1.15. The summed E-state index contributed by atoms with van der Waals surface area (Å²) in [6, 6.07) is 10.0. The van der Waals surface area contributed by atoms with Crippen molar-refractivity contribution in [3.63, 3.8) is 0 Å². The van der Waals surface area contributed by atoms with Crippen LogP contribution < -0.4 is 0 Å². The van der Waals surface area contributed by atoms with Gasteiger partial charge in [0.15, 0.2) is 0 Å². The van der Waals surface area contributed by atoms with E-state index in [2.05, 4.69) is 0 Å². The molecule has 0 aliphatic rings. The lowest BCUT2D eigenvalue weighted by atomic mass is 10.2. The van der Waals surface area contributed by atoms with Crippen LogP contribution in [0.2, 0.25) is 13.1 Å². The Morgan fingerprint density at radius 3 is 2.25 bits per heavy atom. The van der Waals surface area contributed by atoms with E-state index in [9.17, 15) is 4.80 Å². The molecule has 0 radical (unpaired) electrons. The van der Waals surface area contributed by atoms with Gasteiger partial charge in [-0.3, -0.25) is 0 Å². The Balaban J connectivity index is 2.71. The quantitative estimate of drug-likeness (QED) is 0.690. The van der Waals surface area contributed by atoms with E-state index >= 15 is 0 Å². The van der Waals surface area contributed by atoms with E-state index in [4.69, 9.17) is 0 Å². The maximum absolute atomic E-state index is 9.53. The van der Waals surface area contributed by atoms with E-state index in [1.54, 1.807) is 0 Å². The first-order valence-corrected chi connectivity index (χ1v) is 7.07. The van der Waals surface area contributed by atoms with Crippen LogP contribution >= 0.6 is 0 Å². The molecular formula is C10H14OSi. The number of hydrogen-bond acceptors (Lipinski definition) is 1. The zero-order valence-electron chi connectivity index (χ0n) is 7.49. The maximum Gasteiger partial charge on any atom is 0.206 e. The van der Waals surface area contributed by atoms with E-state index < -0.39 is 8.32 Å². The summed E-state index contributed by atoms with van der Waals surface area (Å²) in [6.07, 6.45) is 1.98. The molecule has 0 aliphatic heterocycles. The fraction of sp³-hybridized carbons (Fsp3) is 0.200. The van der Waals surface area contributed by atoms with Gasteiger partial charge >= 0.3 is 0 Å². The van der Waals surface area contributed by atoms with Crippen molar-refractivity contribution in [2.45, 2.75) is 13.1 Å². The molecule has 0 amide bonds. The average Bonchev–Trinajstić information content (AvgIpc) is 2.02. The first-order valence-electron chi connectivity index (χ1n) is 4.04. The van der Waals surface area contributed by atoms with Crippen molar-refractivity contribution >= 4 is 14.4 Å². The van der Waals surface area contributed by atoms with Crippen LogP contribution in [-0.2, 0) is 0 Å². The Morgan fingerprint density at radius 2 is 1.75 bits per heavy atom. The third-order valence-corrected chi connectivity index (χ3v) is 2.47. The Bertz CT molecular complexity index is 259. The summed E-state index contributed by atoms with van der Waals surface area (Å²) in [5.41, 5.74) is 3.06. The van der Waals surface area contributed by atoms with Gasteiger partial charge in [-0.15, -0.1) is 0 Å². The van der Waals surface area contributed by atoms with E-state index in [0.717, 1.165) is 5.56 Å². The van der Waals surface area contributed by atoms with Crippen molar-refractivity contribution in [2.75, 3.05) is 0 Å². The highest BCUT2D eigenvalue weighted by Crippen LogP contribution is 2.05. The smallest absolute Gasteiger partial charge is 0.206 e. The second-order valence-corrected chi connectivity index (χ2v) is 7.04. The zero-order chi connectivity index (χ0) is 9.03. The number of rotatable bonds is 2. The summed E-state index contributed by atoms with van der Waals surface area (Å²) >= 11 is 0. The lowest BCUT2D eigenvalue weighted by Crippen LogP contribution is -2.20. The summed E-state index contributed by atoms with van der Waals surface area (Å²) in [5.74, 6) is 0. The zero-order valence-corrected chi connectivity index (χ0v) is 8.49. The summed E-state index contributed by atoms with van der Waals surface area (Å²) in [5, 5.41) is 0. The predicted molar refractivity (Wildman–Crippen MR) is 55.2 cm³/mol. The van der Waals surface area contributed by atoms with Gasteiger partial charge < -0.3 is 4.80 Å². The standard InChI is InChI=1S/C10H14OSi/c1-12(2,11)9-8-10-6-4-3-5-7-10/h3-9,11H,1-2H3. The van der Waals surface area contributed by atoms with E-state index in [0.29, 0.717) is 0 Å². The third kappa shape index (κ3) is 3.51. The number of hydrogen-bond donors (Lipinski definition) is 1. The Kier molecular flexibility index (Phi) is 2.84. The molecule has 64 valence electrons. The van der Waals surface area contributed by atoms with Crippen molar-refractivity contribution in [3.05, 3.63) is 41.6 Å². The third-order valence-electron chi connectivity index (χ3n) is 1.48. The second-order valence-electron chi connectivity index (χ2n) is 3.40. The summed E-state index contributed by atoms with van der Waals surface area (Å²) < 4.78 is 0. The van der Waals surface area contributed by atoms with Gasteiger partial charge in [0.2, 0.25) is 8.32 Å².